The summed E-state index contributed by atoms with van der Waals surface area (Å²) in [6, 6.07) is 13.8. The largest absolute Gasteiger partial charge is 0.447 e. The van der Waals surface area contributed by atoms with Gasteiger partial charge in [0.25, 0.3) is 0 Å². The van der Waals surface area contributed by atoms with E-state index < -0.39 is 6.09 Å². The van der Waals surface area contributed by atoms with Crippen molar-refractivity contribution >= 4 is 29.5 Å². The number of rotatable bonds is 5. The van der Waals surface area contributed by atoms with E-state index in [9.17, 15) is 4.79 Å². The maximum absolute atomic E-state index is 12.2. The minimum atomic E-state index is -0.444. The molecule has 0 radical (unpaired) electrons. The number of benzene rings is 2. The fourth-order valence-electron chi connectivity index (χ4n) is 2.76. The third-order valence-electron chi connectivity index (χ3n) is 3.92. The van der Waals surface area contributed by atoms with Crippen LogP contribution in [0.4, 0.5) is 4.79 Å². The van der Waals surface area contributed by atoms with Crippen molar-refractivity contribution in [1.82, 2.24) is 5.32 Å². The molecule has 1 heterocycles. The van der Waals surface area contributed by atoms with Crippen molar-refractivity contribution in [2.75, 3.05) is 19.8 Å². The first-order valence-corrected chi connectivity index (χ1v) is 9.43. The summed E-state index contributed by atoms with van der Waals surface area (Å²) in [5.74, 6) is 0. The second-order valence-corrected chi connectivity index (χ2v) is 7.15. The van der Waals surface area contributed by atoms with Crippen molar-refractivity contribution < 1.29 is 14.3 Å². The van der Waals surface area contributed by atoms with Gasteiger partial charge in [-0.15, -0.1) is 0 Å². The maximum Gasteiger partial charge on any atom is 0.407 e. The number of hydrogen-bond donors (Lipinski definition) is 1. The van der Waals surface area contributed by atoms with Gasteiger partial charge in [0.2, 0.25) is 0 Å². The average Bonchev–Trinajstić information content (AvgIpc) is 2.75. The Balaban J connectivity index is 1.80. The summed E-state index contributed by atoms with van der Waals surface area (Å²) < 4.78 is 10.4. The minimum absolute atomic E-state index is 0.190. The number of amides is 1. The summed E-state index contributed by atoms with van der Waals surface area (Å²) in [7, 11) is 0. The van der Waals surface area contributed by atoms with Crippen molar-refractivity contribution in [2.45, 2.75) is 29.2 Å². The van der Waals surface area contributed by atoms with Crippen molar-refractivity contribution in [3.8, 4) is 0 Å². The van der Waals surface area contributed by atoms with E-state index >= 15 is 0 Å². The minimum Gasteiger partial charge on any atom is -0.447 e. The SMILES string of the molecule is CCOCCOC(=O)NC1Cc2ccccc2Sc2ccc(Cl)cc21. The highest BCUT2D eigenvalue weighted by atomic mass is 35.5. The van der Waals surface area contributed by atoms with E-state index in [-0.39, 0.29) is 12.6 Å². The molecule has 2 aromatic carbocycles. The van der Waals surface area contributed by atoms with Gasteiger partial charge in [-0.05, 0) is 48.7 Å². The topological polar surface area (TPSA) is 47.6 Å². The number of hydrogen-bond acceptors (Lipinski definition) is 4. The molecule has 1 N–H and O–H groups in total. The first-order chi connectivity index (χ1) is 12.2. The van der Waals surface area contributed by atoms with E-state index in [1.165, 1.54) is 10.5 Å². The number of nitrogens with one attached hydrogen (secondary N) is 1. The molecule has 3 rings (SSSR count). The molecule has 132 valence electrons. The van der Waals surface area contributed by atoms with E-state index in [0.717, 1.165) is 10.5 Å². The molecule has 1 aliphatic rings. The van der Waals surface area contributed by atoms with Gasteiger partial charge in [0, 0.05) is 21.4 Å². The Morgan fingerprint density at radius 2 is 2.08 bits per heavy atom. The Hall–Kier alpha value is -1.69. The third kappa shape index (κ3) is 4.69. The molecule has 2 aromatic rings. The highest BCUT2D eigenvalue weighted by Crippen LogP contribution is 2.41. The van der Waals surface area contributed by atoms with Crippen LogP contribution < -0.4 is 5.32 Å². The van der Waals surface area contributed by atoms with Gasteiger partial charge in [0.15, 0.2) is 0 Å². The van der Waals surface area contributed by atoms with Crippen LogP contribution in [0.2, 0.25) is 5.02 Å². The Labute approximate surface area is 156 Å². The van der Waals surface area contributed by atoms with Gasteiger partial charge in [-0.3, -0.25) is 0 Å². The molecule has 4 nitrogen and oxygen atoms in total. The Morgan fingerprint density at radius 1 is 1.24 bits per heavy atom. The predicted molar refractivity (Wildman–Crippen MR) is 99.4 cm³/mol. The van der Waals surface area contributed by atoms with E-state index in [1.807, 2.05) is 37.3 Å². The van der Waals surface area contributed by atoms with Crippen LogP contribution in [0.3, 0.4) is 0 Å². The highest BCUT2D eigenvalue weighted by molar-refractivity contribution is 7.99. The molecule has 1 aliphatic heterocycles. The standard InChI is InChI=1S/C19H20ClNO3S/c1-2-23-9-10-24-19(22)21-16-11-13-5-3-4-6-17(13)25-18-8-7-14(20)12-15(16)18/h3-8,12,16H,2,9-11H2,1H3,(H,21,22). The van der Waals surface area contributed by atoms with Crippen molar-refractivity contribution in [1.29, 1.82) is 0 Å². The molecule has 25 heavy (non-hydrogen) atoms. The Bertz CT molecular complexity index is 753. The average molecular weight is 378 g/mol. The van der Waals surface area contributed by atoms with Gasteiger partial charge in [0.1, 0.15) is 6.61 Å². The second kappa shape index (κ2) is 8.61. The van der Waals surface area contributed by atoms with Crippen LogP contribution in [-0.4, -0.2) is 25.9 Å². The molecule has 0 saturated carbocycles. The van der Waals surface area contributed by atoms with Crippen LogP contribution in [0.5, 0.6) is 0 Å². The summed E-state index contributed by atoms with van der Waals surface area (Å²) in [5, 5.41) is 3.63. The van der Waals surface area contributed by atoms with E-state index in [0.29, 0.717) is 24.7 Å². The van der Waals surface area contributed by atoms with Crippen LogP contribution >= 0.6 is 23.4 Å². The number of carbonyl (C=O) groups is 1. The lowest BCUT2D eigenvalue weighted by molar-refractivity contribution is 0.0773. The molecule has 0 aliphatic carbocycles. The lowest BCUT2D eigenvalue weighted by Gasteiger charge is -2.19. The predicted octanol–water partition coefficient (Wildman–Crippen LogP) is 4.85. The second-order valence-electron chi connectivity index (χ2n) is 5.63. The van der Waals surface area contributed by atoms with Crippen LogP contribution in [0.25, 0.3) is 0 Å². The molecule has 0 bridgehead atoms. The van der Waals surface area contributed by atoms with Gasteiger partial charge in [-0.25, -0.2) is 4.79 Å². The van der Waals surface area contributed by atoms with E-state index in [2.05, 4.69) is 17.4 Å². The zero-order chi connectivity index (χ0) is 17.6. The highest BCUT2D eigenvalue weighted by Gasteiger charge is 2.24. The zero-order valence-corrected chi connectivity index (χ0v) is 15.5. The summed E-state index contributed by atoms with van der Waals surface area (Å²) in [6.45, 7) is 3.14. The smallest absolute Gasteiger partial charge is 0.407 e. The lowest BCUT2D eigenvalue weighted by Crippen LogP contribution is -2.31. The molecule has 0 spiro atoms. The van der Waals surface area contributed by atoms with Gasteiger partial charge in [-0.1, -0.05) is 41.6 Å². The number of carbonyl (C=O) groups excluding carboxylic acids is 1. The summed E-state index contributed by atoms with van der Waals surface area (Å²) in [6.07, 6.45) is 0.247. The lowest BCUT2D eigenvalue weighted by atomic mass is 9.99. The molecule has 0 aromatic heterocycles. The van der Waals surface area contributed by atoms with Crippen LogP contribution in [-0.2, 0) is 15.9 Å². The van der Waals surface area contributed by atoms with Crippen molar-refractivity contribution in [3.63, 3.8) is 0 Å². The molecule has 1 unspecified atom stereocenters. The van der Waals surface area contributed by atoms with Crippen molar-refractivity contribution in [3.05, 3.63) is 58.6 Å². The number of alkyl carbamates (subject to hydrolysis) is 1. The Morgan fingerprint density at radius 3 is 2.92 bits per heavy atom. The molecule has 1 atom stereocenters. The van der Waals surface area contributed by atoms with E-state index in [1.54, 1.807) is 11.8 Å². The number of fused-ring (bicyclic) bond motifs is 2. The first kappa shape index (κ1) is 18.1. The van der Waals surface area contributed by atoms with Crippen LogP contribution in [0.15, 0.2) is 52.3 Å². The molecular formula is C19H20ClNO3S. The van der Waals surface area contributed by atoms with Crippen LogP contribution in [0.1, 0.15) is 24.1 Å². The molecular weight excluding hydrogens is 358 g/mol. The fourth-order valence-corrected chi connectivity index (χ4v) is 4.06. The Kier molecular flexibility index (Phi) is 6.24. The molecule has 0 saturated heterocycles. The first-order valence-electron chi connectivity index (χ1n) is 8.23. The number of halogens is 1. The summed E-state index contributed by atoms with van der Waals surface area (Å²) in [5.41, 5.74) is 2.20. The monoisotopic (exact) mass is 377 g/mol. The van der Waals surface area contributed by atoms with Gasteiger partial charge < -0.3 is 14.8 Å². The van der Waals surface area contributed by atoms with Gasteiger partial charge in [0.05, 0.1) is 12.6 Å². The third-order valence-corrected chi connectivity index (χ3v) is 5.37. The number of ether oxygens (including phenoxy) is 2. The molecule has 6 heteroatoms. The molecule has 1 amide bonds. The maximum atomic E-state index is 12.2. The summed E-state index contributed by atoms with van der Waals surface area (Å²) in [4.78, 5) is 14.5. The zero-order valence-electron chi connectivity index (χ0n) is 14.0. The van der Waals surface area contributed by atoms with Gasteiger partial charge in [-0.2, -0.15) is 0 Å². The van der Waals surface area contributed by atoms with Crippen molar-refractivity contribution in [2.24, 2.45) is 0 Å². The summed E-state index contributed by atoms with van der Waals surface area (Å²) >= 11 is 7.89. The quantitative estimate of drug-likeness (QED) is 0.756. The van der Waals surface area contributed by atoms with E-state index in [4.69, 9.17) is 21.1 Å². The van der Waals surface area contributed by atoms with Gasteiger partial charge >= 0.3 is 6.09 Å². The normalized spacial score (nSPS) is 15.7. The fraction of sp³-hybridized carbons (Fsp3) is 0.316. The van der Waals surface area contributed by atoms with Crippen LogP contribution in [0, 0.1) is 0 Å². The molecule has 0 fully saturated rings.